The predicted octanol–water partition coefficient (Wildman–Crippen LogP) is 4.37. The van der Waals surface area contributed by atoms with E-state index in [4.69, 9.17) is 0 Å². The number of amides is 1. The van der Waals surface area contributed by atoms with Crippen LogP contribution in [-0.4, -0.2) is 21.7 Å². The minimum Gasteiger partial charge on any atom is -0.352 e. The van der Waals surface area contributed by atoms with Crippen LogP contribution in [0.15, 0.2) is 36.4 Å². The van der Waals surface area contributed by atoms with Crippen molar-refractivity contribution in [2.24, 2.45) is 11.8 Å². The van der Waals surface area contributed by atoms with Crippen molar-refractivity contribution in [2.75, 3.05) is 0 Å². The average Bonchev–Trinajstić information content (AvgIpc) is 2.98. The summed E-state index contributed by atoms with van der Waals surface area (Å²) in [6, 6.07) is 13.2. The minimum absolute atomic E-state index is 0.200. The molecule has 27 heavy (non-hydrogen) atoms. The van der Waals surface area contributed by atoms with Gasteiger partial charge in [-0.1, -0.05) is 43.2 Å². The monoisotopic (exact) mass is 365 g/mol. The van der Waals surface area contributed by atoms with Crippen LogP contribution in [0.3, 0.4) is 0 Å². The lowest BCUT2D eigenvalue weighted by Crippen LogP contribution is -2.59. The molecule has 2 aromatic rings. The van der Waals surface area contributed by atoms with Crippen LogP contribution in [0.2, 0.25) is 0 Å². The Labute approximate surface area is 162 Å². The Morgan fingerprint density at radius 2 is 1.89 bits per heavy atom. The maximum absolute atomic E-state index is 12.6. The number of nitrogens with one attached hydrogen (secondary N) is 1. The molecular weight excluding hydrogens is 334 g/mol. The summed E-state index contributed by atoms with van der Waals surface area (Å²) in [5.74, 6) is 2.12. The summed E-state index contributed by atoms with van der Waals surface area (Å²) < 4.78 is 2.01. The van der Waals surface area contributed by atoms with Crippen molar-refractivity contribution in [3.05, 3.63) is 53.3 Å². The number of nitrogens with zero attached hydrogens (tertiary/aromatic N) is 2. The van der Waals surface area contributed by atoms with Gasteiger partial charge in [-0.25, -0.2) is 0 Å². The highest BCUT2D eigenvalue weighted by Crippen LogP contribution is 2.54. The first kappa shape index (κ1) is 18.3. The fourth-order valence-corrected chi connectivity index (χ4v) is 5.34. The number of hydrogen-bond donors (Lipinski definition) is 1. The molecule has 4 heteroatoms. The molecule has 1 N–H and O–H groups in total. The van der Waals surface area contributed by atoms with Crippen molar-refractivity contribution in [1.82, 2.24) is 15.1 Å². The van der Waals surface area contributed by atoms with Crippen LogP contribution in [0.1, 0.15) is 61.4 Å². The van der Waals surface area contributed by atoms with E-state index in [0.29, 0.717) is 24.3 Å². The smallest absolute Gasteiger partial charge is 0.220 e. The molecule has 144 valence electrons. The Balaban J connectivity index is 1.35. The summed E-state index contributed by atoms with van der Waals surface area (Å²) in [5.41, 5.74) is 3.61. The Morgan fingerprint density at radius 1 is 1.15 bits per heavy atom. The van der Waals surface area contributed by atoms with Crippen LogP contribution in [-0.2, 0) is 11.3 Å². The molecule has 1 aromatic carbocycles. The second-order valence-corrected chi connectivity index (χ2v) is 8.40. The highest BCUT2D eigenvalue weighted by Gasteiger charge is 2.51. The number of carbonyl (C=O) groups is 1. The molecule has 1 amide bonds. The maximum Gasteiger partial charge on any atom is 0.220 e. The van der Waals surface area contributed by atoms with Gasteiger partial charge in [0.15, 0.2) is 0 Å². The van der Waals surface area contributed by atoms with Gasteiger partial charge in [0.1, 0.15) is 0 Å². The van der Waals surface area contributed by atoms with E-state index in [1.54, 1.807) is 0 Å². The van der Waals surface area contributed by atoms with Crippen molar-refractivity contribution >= 4 is 5.91 Å². The molecule has 2 fully saturated rings. The average molecular weight is 366 g/mol. The summed E-state index contributed by atoms with van der Waals surface area (Å²) in [4.78, 5) is 12.6. The highest BCUT2D eigenvalue weighted by molar-refractivity contribution is 5.76. The molecule has 1 aromatic heterocycles. The van der Waals surface area contributed by atoms with Crippen LogP contribution in [0.5, 0.6) is 0 Å². The zero-order valence-electron chi connectivity index (χ0n) is 16.5. The van der Waals surface area contributed by atoms with Gasteiger partial charge in [0, 0.05) is 30.6 Å². The van der Waals surface area contributed by atoms with E-state index in [1.807, 2.05) is 11.6 Å². The predicted molar refractivity (Wildman–Crippen MR) is 107 cm³/mol. The van der Waals surface area contributed by atoms with Crippen LogP contribution in [0.4, 0.5) is 0 Å². The van der Waals surface area contributed by atoms with Crippen molar-refractivity contribution in [3.8, 4) is 0 Å². The van der Waals surface area contributed by atoms with E-state index in [2.05, 4.69) is 53.7 Å². The first-order valence-corrected chi connectivity index (χ1v) is 10.5. The Bertz CT molecular complexity index is 782. The third-order valence-corrected chi connectivity index (χ3v) is 6.57. The fraction of sp³-hybridized carbons (Fsp3) is 0.565. The van der Waals surface area contributed by atoms with Gasteiger partial charge in [-0.15, -0.1) is 0 Å². The second-order valence-electron chi connectivity index (χ2n) is 8.40. The third-order valence-electron chi connectivity index (χ3n) is 6.57. The van der Waals surface area contributed by atoms with Gasteiger partial charge in [0.2, 0.25) is 5.91 Å². The number of fused-ring (bicyclic) bond motifs is 1. The zero-order chi connectivity index (χ0) is 18.8. The Kier molecular flexibility index (Phi) is 5.33. The topological polar surface area (TPSA) is 46.9 Å². The lowest BCUT2D eigenvalue weighted by atomic mass is 9.53. The molecule has 0 aliphatic heterocycles. The number of rotatable bonds is 6. The molecule has 2 saturated carbocycles. The summed E-state index contributed by atoms with van der Waals surface area (Å²) in [6.45, 7) is 4.89. The van der Waals surface area contributed by atoms with Crippen molar-refractivity contribution in [2.45, 2.75) is 70.9 Å². The zero-order valence-corrected chi connectivity index (χ0v) is 16.5. The molecule has 4 atom stereocenters. The van der Waals surface area contributed by atoms with E-state index >= 15 is 0 Å². The largest absolute Gasteiger partial charge is 0.352 e. The minimum atomic E-state index is 0.200. The fourth-order valence-electron chi connectivity index (χ4n) is 5.34. The molecular formula is C23H31N3O. The molecule has 0 radical (unpaired) electrons. The van der Waals surface area contributed by atoms with Gasteiger partial charge in [-0.05, 0) is 56.6 Å². The molecule has 0 spiro atoms. The molecule has 0 saturated heterocycles. The summed E-state index contributed by atoms with van der Waals surface area (Å²) in [7, 11) is 0. The summed E-state index contributed by atoms with van der Waals surface area (Å²) >= 11 is 0. The van der Waals surface area contributed by atoms with Crippen molar-refractivity contribution in [1.29, 1.82) is 0 Å². The van der Waals surface area contributed by atoms with E-state index in [1.165, 1.54) is 36.9 Å². The van der Waals surface area contributed by atoms with Crippen LogP contribution >= 0.6 is 0 Å². The Hall–Kier alpha value is -2.10. The summed E-state index contributed by atoms with van der Waals surface area (Å²) in [6.07, 6.45) is 6.65. The molecule has 2 aliphatic carbocycles. The summed E-state index contributed by atoms with van der Waals surface area (Å²) in [5, 5.41) is 7.89. The second kappa shape index (κ2) is 7.87. The van der Waals surface area contributed by atoms with Gasteiger partial charge in [0.25, 0.3) is 0 Å². The van der Waals surface area contributed by atoms with E-state index in [0.717, 1.165) is 24.6 Å². The van der Waals surface area contributed by atoms with Crippen molar-refractivity contribution < 1.29 is 4.79 Å². The third kappa shape index (κ3) is 3.80. The molecule has 1 heterocycles. The first-order valence-electron chi connectivity index (χ1n) is 10.5. The van der Waals surface area contributed by atoms with E-state index in [9.17, 15) is 4.79 Å². The number of carbonyl (C=O) groups excluding carboxylic acids is 1. The molecule has 0 bridgehead atoms. The molecule has 2 aliphatic rings. The van der Waals surface area contributed by atoms with E-state index in [-0.39, 0.29) is 5.91 Å². The SMILES string of the molecule is Cc1cc(C)n(CCCC(=O)N[C@H]2[C@@H]3CCCC[C@@H]3[C@@H]2c2ccccc2)n1. The number of benzene rings is 1. The van der Waals surface area contributed by atoms with Gasteiger partial charge in [-0.3, -0.25) is 9.48 Å². The number of aromatic nitrogens is 2. The molecule has 4 rings (SSSR count). The highest BCUT2D eigenvalue weighted by atomic mass is 16.1. The van der Waals surface area contributed by atoms with Gasteiger partial charge in [0.05, 0.1) is 5.69 Å². The molecule has 0 unspecified atom stereocenters. The van der Waals surface area contributed by atoms with Gasteiger partial charge in [-0.2, -0.15) is 5.10 Å². The van der Waals surface area contributed by atoms with Crippen LogP contribution < -0.4 is 5.32 Å². The van der Waals surface area contributed by atoms with Crippen LogP contribution in [0.25, 0.3) is 0 Å². The number of hydrogen-bond acceptors (Lipinski definition) is 2. The standard InChI is InChI=1S/C23H31N3O/c1-16-15-17(2)26(25-16)14-8-13-21(27)24-23-20-12-7-6-11-19(20)22(23)18-9-4-3-5-10-18/h3-5,9-10,15,19-20,22-23H,6-8,11-14H2,1-2H3,(H,24,27)/t19-,20+,22-,23-/m0/s1. The van der Waals surface area contributed by atoms with E-state index < -0.39 is 0 Å². The first-order chi connectivity index (χ1) is 13.1. The van der Waals surface area contributed by atoms with Gasteiger partial charge >= 0.3 is 0 Å². The van der Waals surface area contributed by atoms with Gasteiger partial charge < -0.3 is 5.32 Å². The van der Waals surface area contributed by atoms with Crippen LogP contribution in [0, 0.1) is 25.7 Å². The lowest BCUT2D eigenvalue weighted by Gasteiger charge is -2.55. The quantitative estimate of drug-likeness (QED) is 0.826. The van der Waals surface area contributed by atoms with Crippen molar-refractivity contribution in [3.63, 3.8) is 0 Å². The normalized spacial score (nSPS) is 26.9. The molecule has 4 nitrogen and oxygen atoms in total. The lowest BCUT2D eigenvalue weighted by molar-refractivity contribution is -0.125. The Morgan fingerprint density at radius 3 is 2.59 bits per heavy atom. The number of aryl methyl sites for hydroxylation is 3. The maximum atomic E-state index is 12.6.